The zero-order valence-electron chi connectivity index (χ0n) is 15.8. The second kappa shape index (κ2) is 9.49. The molecule has 2 aromatic carbocycles. The summed E-state index contributed by atoms with van der Waals surface area (Å²) in [5.41, 5.74) is 2.00. The van der Waals surface area contributed by atoms with Gasteiger partial charge in [0.05, 0.1) is 19.2 Å². The van der Waals surface area contributed by atoms with Gasteiger partial charge >= 0.3 is 6.36 Å². The van der Waals surface area contributed by atoms with Gasteiger partial charge in [0.15, 0.2) is 5.13 Å². The van der Waals surface area contributed by atoms with Crippen molar-refractivity contribution in [3.8, 4) is 11.5 Å². The van der Waals surface area contributed by atoms with Crippen LogP contribution in [0.5, 0.6) is 11.5 Å². The maximum absolute atomic E-state index is 12.2. The molecular formula is C20H18F3N3O3S. The molecule has 0 aliphatic rings. The average Bonchev–Trinajstić information content (AvgIpc) is 3.13. The van der Waals surface area contributed by atoms with Crippen molar-refractivity contribution in [1.29, 1.82) is 0 Å². The first-order chi connectivity index (χ1) is 14.3. The molecule has 0 atom stereocenters. The molecule has 3 rings (SSSR count). The van der Waals surface area contributed by atoms with Gasteiger partial charge in [-0.1, -0.05) is 18.2 Å². The van der Waals surface area contributed by atoms with E-state index < -0.39 is 6.36 Å². The smallest absolute Gasteiger partial charge is 0.496 e. The summed E-state index contributed by atoms with van der Waals surface area (Å²) < 4.78 is 45.7. The molecule has 0 saturated heterocycles. The van der Waals surface area contributed by atoms with Crippen molar-refractivity contribution in [2.24, 2.45) is 0 Å². The van der Waals surface area contributed by atoms with Crippen LogP contribution in [0, 0.1) is 0 Å². The Morgan fingerprint density at radius 2 is 1.87 bits per heavy atom. The number of carbonyl (C=O) groups is 1. The summed E-state index contributed by atoms with van der Waals surface area (Å²) in [6.45, 7) is 0.338. The van der Waals surface area contributed by atoms with E-state index in [9.17, 15) is 18.0 Å². The van der Waals surface area contributed by atoms with Gasteiger partial charge < -0.3 is 20.1 Å². The minimum atomic E-state index is -4.73. The molecule has 0 unspecified atom stereocenters. The predicted molar refractivity (Wildman–Crippen MR) is 107 cm³/mol. The molecule has 0 fully saturated rings. The second-order valence-corrected chi connectivity index (χ2v) is 6.96. The number of anilines is 2. The molecule has 158 valence electrons. The topological polar surface area (TPSA) is 72.5 Å². The lowest BCUT2D eigenvalue weighted by molar-refractivity contribution is -0.274. The van der Waals surface area contributed by atoms with Gasteiger partial charge in [-0.25, -0.2) is 4.98 Å². The van der Waals surface area contributed by atoms with Crippen LogP contribution in [-0.4, -0.2) is 24.4 Å². The van der Waals surface area contributed by atoms with Crippen LogP contribution < -0.4 is 20.1 Å². The van der Waals surface area contributed by atoms with Crippen LogP contribution in [0.4, 0.5) is 24.0 Å². The van der Waals surface area contributed by atoms with E-state index in [1.165, 1.54) is 35.6 Å². The fourth-order valence-corrected chi connectivity index (χ4v) is 3.31. The summed E-state index contributed by atoms with van der Waals surface area (Å²) in [7, 11) is 1.57. The first-order valence-corrected chi connectivity index (χ1v) is 9.66. The number of benzene rings is 2. The number of rotatable bonds is 8. The lowest BCUT2D eigenvalue weighted by Gasteiger charge is -2.09. The highest BCUT2D eigenvalue weighted by Crippen LogP contribution is 2.26. The van der Waals surface area contributed by atoms with E-state index in [4.69, 9.17) is 4.74 Å². The number of methoxy groups -OCH3 is 1. The van der Waals surface area contributed by atoms with Gasteiger partial charge in [-0.15, -0.1) is 24.5 Å². The maximum atomic E-state index is 12.2. The molecule has 6 nitrogen and oxygen atoms in total. The van der Waals surface area contributed by atoms with Crippen molar-refractivity contribution >= 4 is 28.1 Å². The van der Waals surface area contributed by atoms with E-state index in [1.54, 1.807) is 12.5 Å². The first-order valence-electron chi connectivity index (χ1n) is 8.78. The number of alkyl halides is 3. The van der Waals surface area contributed by atoms with Crippen LogP contribution in [0.3, 0.4) is 0 Å². The van der Waals surface area contributed by atoms with E-state index in [2.05, 4.69) is 20.4 Å². The molecule has 1 amide bonds. The molecule has 3 aromatic rings. The minimum absolute atomic E-state index is 0.103. The van der Waals surface area contributed by atoms with Gasteiger partial charge in [-0.05, 0) is 30.3 Å². The maximum Gasteiger partial charge on any atom is 0.573 e. The van der Waals surface area contributed by atoms with Gasteiger partial charge in [-0.3, -0.25) is 4.79 Å². The zero-order chi connectivity index (χ0) is 21.6. The summed E-state index contributed by atoms with van der Waals surface area (Å²) in [5, 5.41) is 8.07. The number of para-hydroxylation sites is 1. The third kappa shape index (κ3) is 6.38. The van der Waals surface area contributed by atoms with E-state index in [0.29, 0.717) is 28.8 Å². The molecule has 0 radical (unpaired) electrons. The van der Waals surface area contributed by atoms with E-state index in [0.717, 1.165) is 5.56 Å². The lowest BCUT2D eigenvalue weighted by Crippen LogP contribution is -2.24. The van der Waals surface area contributed by atoms with Gasteiger partial charge in [0.2, 0.25) is 5.91 Å². The Morgan fingerprint density at radius 3 is 2.57 bits per heavy atom. The third-order valence-corrected chi connectivity index (χ3v) is 4.71. The molecule has 0 spiro atoms. The summed E-state index contributed by atoms with van der Waals surface area (Å²) in [6, 6.07) is 12.7. The number of carbonyl (C=O) groups excluding carboxylic acids is 1. The van der Waals surface area contributed by atoms with Crippen molar-refractivity contribution in [2.45, 2.75) is 19.3 Å². The number of hydrogen-bond donors (Lipinski definition) is 2. The fourth-order valence-electron chi connectivity index (χ4n) is 2.58. The molecular weight excluding hydrogens is 419 g/mol. The summed E-state index contributed by atoms with van der Waals surface area (Å²) >= 11 is 1.29. The van der Waals surface area contributed by atoms with Crippen LogP contribution >= 0.6 is 11.3 Å². The van der Waals surface area contributed by atoms with Gasteiger partial charge in [0, 0.05) is 23.2 Å². The van der Waals surface area contributed by atoms with Crippen molar-refractivity contribution in [2.75, 3.05) is 12.4 Å². The Bertz CT molecular complexity index is 991. The van der Waals surface area contributed by atoms with Crippen LogP contribution in [0.1, 0.15) is 11.3 Å². The number of nitrogens with zero attached hydrogens (tertiary/aromatic N) is 1. The van der Waals surface area contributed by atoms with Crippen molar-refractivity contribution in [3.63, 3.8) is 0 Å². The Morgan fingerprint density at radius 1 is 1.13 bits per heavy atom. The molecule has 10 heteroatoms. The first kappa shape index (κ1) is 21.4. The normalized spacial score (nSPS) is 11.1. The van der Waals surface area contributed by atoms with Crippen LogP contribution in [0.2, 0.25) is 0 Å². The Hall–Kier alpha value is -3.27. The number of hydrogen-bond acceptors (Lipinski definition) is 6. The average molecular weight is 437 g/mol. The predicted octanol–water partition coefficient (Wildman–Crippen LogP) is 4.65. The number of nitrogens with one attached hydrogen (secondary N) is 2. The molecule has 0 bridgehead atoms. The Balaban J connectivity index is 1.51. The van der Waals surface area contributed by atoms with Crippen LogP contribution in [0.15, 0.2) is 53.9 Å². The Kier molecular flexibility index (Phi) is 6.78. The quantitative estimate of drug-likeness (QED) is 0.537. The van der Waals surface area contributed by atoms with Crippen molar-refractivity contribution in [1.82, 2.24) is 10.3 Å². The number of amides is 1. The highest BCUT2D eigenvalue weighted by Gasteiger charge is 2.30. The molecule has 1 aromatic heterocycles. The van der Waals surface area contributed by atoms with E-state index >= 15 is 0 Å². The van der Waals surface area contributed by atoms with Crippen LogP contribution in [-0.2, 0) is 17.8 Å². The van der Waals surface area contributed by atoms with Crippen molar-refractivity contribution in [3.05, 3.63) is 65.2 Å². The molecule has 2 N–H and O–H groups in total. The van der Waals surface area contributed by atoms with Crippen molar-refractivity contribution < 1.29 is 27.4 Å². The molecule has 30 heavy (non-hydrogen) atoms. The largest absolute Gasteiger partial charge is 0.573 e. The second-order valence-electron chi connectivity index (χ2n) is 6.11. The molecule has 0 aliphatic heterocycles. The molecule has 0 aliphatic carbocycles. The summed E-state index contributed by atoms with van der Waals surface area (Å²) in [5.74, 6) is 0.204. The molecule has 1 heterocycles. The Labute approximate surface area is 174 Å². The van der Waals surface area contributed by atoms with Gasteiger partial charge in [-0.2, -0.15) is 0 Å². The fraction of sp³-hybridized carbons (Fsp3) is 0.200. The van der Waals surface area contributed by atoms with Gasteiger partial charge in [0.25, 0.3) is 0 Å². The standard InChI is InChI=1S/C20H18F3N3O3S/c1-28-17-5-3-2-4-13(17)11-24-18(27)10-15-12-30-19(26-15)25-14-6-8-16(9-7-14)29-20(21,22)23/h2-9,12H,10-11H2,1H3,(H,24,27)(H,25,26). The number of ether oxygens (including phenoxy) is 2. The lowest BCUT2D eigenvalue weighted by atomic mass is 10.2. The van der Waals surface area contributed by atoms with E-state index in [-0.39, 0.29) is 18.1 Å². The van der Waals surface area contributed by atoms with E-state index in [1.807, 2.05) is 24.3 Å². The molecule has 0 saturated carbocycles. The highest BCUT2D eigenvalue weighted by atomic mass is 32.1. The SMILES string of the molecule is COc1ccccc1CNC(=O)Cc1csc(Nc2ccc(OC(F)(F)F)cc2)n1. The summed E-state index contributed by atoms with van der Waals surface area (Å²) in [4.78, 5) is 16.5. The van der Waals surface area contributed by atoms with Crippen LogP contribution in [0.25, 0.3) is 0 Å². The monoisotopic (exact) mass is 437 g/mol. The zero-order valence-corrected chi connectivity index (χ0v) is 16.6. The number of aromatic nitrogens is 1. The van der Waals surface area contributed by atoms with Gasteiger partial charge in [0.1, 0.15) is 11.5 Å². The summed E-state index contributed by atoms with van der Waals surface area (Å²) in [6.07, 6.45) is -4.63. The number of thiazole rings is 1. The minimum Gasteiger partial charge on any atom is -0.496 e. The highest BCUT2D eigenvalue weighted by molar-refractivity contribution is 7.13. The third-order valence-electron chi connectivity index (χ3n) is 3.90. The number of halogens is 3.